The zero-order chi connectivity index (χ0) is 14.4. The van der Waals surface area contributed by atoms with Crippen LogP contribution in [0.2, 0.25) is 0 Å². The van der Waals surface area contributed by atoms with Crippen LogP contribution in [0.25, 0.3) is 0 Å². The summed E-state index contributed by atoms with van der Waals surface area (Å²) in [6.45, 7) is 1.82. The first kappa shape index (κ1) is 12.8. The molecule has 1 atom stereocenters. The maximum atomic E-state index is 13.8. The standard InChI is InChI=1S/C14H13FN2O3/c1-7-2-3-9(15)8-6-17(14(20)12(7)8)10-4-5-11(18)16-13(10)19/h2-3,10H,4-6H2,1H3,(H,16,18,19)/t10-/m1/s1. The molecule has 0 spiro atoms. The topological polar surface area (TPSA) is 66.5 Å². The first-order valence-electron chi connectivity index (χ1n) is 6.41. The molecule has 2 heterocycles. The van der Waals surface area contributed by atoms with Gasteiger partial charge >= 0.3 is 0 Å². The van der Waals surface area contributed by atoms with Gasteiger partial charge in [0.05, 0.1) is 12.1 Å². The van der Waals surface area contributed by atoms with E-state index >= 15 is 0 Å². The zero-order valence-electron chi connectivity index (χ0n) is 10.9. The fourth-order valence-electron chi connectivity index (χ4n) is 2.81. The van der Waals surface area contributed by atoms with Gasteiger partial charge in [0.25, 0.3) is 5.91 Å². The molecule has 104 valence electrons. The van der Waals surface area contributed by atoms with Crippen molar-refractivity contribution in [3.8, 4) is 0 Å². The number of carbonyl (C=O) groups excluding carboxylic acids is 3. The molecule has 1 N–H and O–H groups in total. The van der Waals surface area contributed by atoms with Gasteiger partial charge in [-0.25, -0.2) is 4.39 Å². The largest absolute Gasteiger partial charge is 0.322 e. The highest BCUT2D eigenvalue weighted by Gasteiger charge is 2.40. The van der Waals surface area contributed by atoms with Gasteiger partial charge in [-0.3, -0.25) is 19.7 Å². The molecule has 0 saturated carbocycles. The molecule has 2 aliphatic rings. The fraction of sp³-hybridized carbons (Fsp3) is 0.357. The van der Waals surface area contributed by atoms with Crippen LogP contribution < -0.4 is 5.32 Å². The van der Waals surface area contributed by atoms with Crippen LogP contribution in [0.1, 0.15) is 34.3 Å². The lowest BCUT2D eigenvalue weighted by atomic mass is 10.0. The van der Waals surface area contributed by atoms with E-state index in [9.17, 15) is 18.8 Å². The van der Waals surface area contributed by atoms with Crippen LogP contribution in [0.3, 0.4) is 0 Å². The number of hydrogen-bond donors (Lipinski definition) is 1. The van der Waals surface area contributed by atoms with Crippen LogP contribution in [0.4, 0.5) is 4.39 Å². The Morgan fingerprint density at radius 3 is 2.70 bits per heavy atom. The van der Waals surface area contributed by atoms with Gasteiger partial charge in [0.2, 0.25) is 11.8 Å². The van der Waals surface area contributed by atoms with Crippen molar-refractivity contribution in [3.05, 3.63) is 34.6 Å². The minimum atomic E-state index is -0.702. The summed E-state index contributed by atoms with van der Waals surface area (Å²) in [5.74, 6) is -1.60. The minimum Gasteiger partial charge on any atom is -0.322 e. The van der Waals surface area contributed by atoms with Gasteiger partial charge in [-0.15, -0.1) is 0 Å². The summed E-state index contributed by atoms with van der Waals surface area (Å²) >= 11 is 0. The molecule has 1 aromatic carbocycles. The van der Waals surface area contributed by atoms with Crippen molar-refractivity contribution >= 4 is 17.7 Å². The first-order valence-corrected chi connectivity index (χ1v) is 6.41. The summed E-state index contributed by atoms with van der Waals surface area (Å²) < 4.78 is 13.8. The molecule has 5 nitrogen and oxygen atoms in total. The Morgan fingerprint density at radius 1 is 1.30 bits per heavy atom. The molecule has 0 unspecified atom stereocenters. The minimum absolute atomic E-state index is 0.0773. The molecule has 1 saturated heterocycles. The number of nitrogens with zero attached hydrogens (tertiary/aromatic N) is 1. The quantitative estimate of drug-likeness (QED) is 0.775. The second kappa shape index (κ2) is 4.40. The van der Waals surface area contributed by atoms with Crippen LogP contribution in [-0.4, -0.2) is 28.7 Å². The lowest BCUT2D eigenvalue weighted by molar-refractivity contribution is -0.136. The van der Waals surface area contributed by atoms with E-state index in [2.05, 4.69) is 5.32 Å². The van der Waals surface area contributed by atoms with Gasteiger partial charge in [0, 0.05) is 12.0 Å². The summed E-state index contributed by atoms with van der Waals surface area (Å²) in [6.07, 6.45) is 0.475. The summed E-state index contributed by atoms with van der Waals surface area (Å²) in [4.78, 5) is 36.7. The Labute approximate surface area is 114 Å². The number of rotatable bonds is 1. The number of piperidine rings is 1. The Balaban J connectivity index is 1.94. The molecule has 3 amide bonds. The van der Waals surface area contributed by atoms with E-state index in [0.717, 1.165) is 0 Å². The Bertz CT molecular complexity index is 642. The summed E-state index contributed by atoms with van der Waals surface area (Å²) in [5.41, 5.74) is 1.37. The van der Waals surface area contributed by atoms with Gasteiger partial charge in [0.1, 0.15) is 11.9 Å². The number of aryl methyl sites for hydroxylation is 1. The Kier molecular flexibility index (Phi) is 2.81. The third-order valence-electron chi connectivity index (χ3n) is 3.85. The molecule has 0 aliphatic carbocycles. The number of nitrogens with one attached hydrogen (secondary N) is 1. The maximum absolute atomic E-state index is 13.8. The van der Waals surface area contributed by atoms with Crippen molar-refractivity contribution in [2.24, 2.45) is 0 Å². The number of hydrogen-bond acceptors (Lipinski definition) is 3. The van der Waals surface area contributed by atoms with Crippen molar-refractivity contribution in [1.29, 1.82) is 0 Å². The van der Waals surface area contributed by atoms with E-state index in [4.69, 9.17) is 0 Å². The normalized spacial score (nSPS) is 22.0. The lowest BCUT2D eigenvalue weighted by Crippen LogP contribution is -2.52. The van der Waals surface area contributed by atoms with E-state index in [-0.39, 0.29) is 31.2 Å². The number of benzene rings is 1. The Morgan fingerprint density at radius 2 is 2.05 bits per heavy atom. The van der Waals surface area contributed by atoms with Crippen LogP contribution in [0, 0.1) is 12.7 Å². The molecule has 0 aromatic heterocycles. The summed E-state index contributed by atoms with van der Waals surface area (Å²) in [7, 11) is 0. The molecule has 6 heteroatoms. The number of halogens is 1. The van der Waals surface area contributed by atoms with Gasteiger partial charge in [-0.1, -0.05) is 6.07 Å². The van der Waals surface area contributed by atoms with Crippen LogP contribution in [0.15, 0.2) is 12.1 Å². The lowest BCUT2D eigenvalue weighted by Gasteiger charge is -2.29. The molecule has 3 rings (SSSR count). The maximum Gasteiger partial charge on any atom is 0.255 e. The average molecular weight is 276 g/mol. The fourth-order valence-corrected chi connectivity index (χ4v) is 2.81. The van der Waals surface area contributed by atoms with Gasteiger partial charge in [-0.2, -0.15) is 0 Å². The molecule has 1 fully saturated rings. The monoisotopic (exact) mass is 276 g/mol. The van der Waals surface area contributed by atoms with Crippen LogP contribution in [-0.2, 0) is 16.1 Å². The average Bonchev–Trinajstić information content (AvgIpc) is 2.73. The molecule has 1 aromatic rings. The SMILES string of the molecule is Cc1ccc(F)c2c1C(=O)N([C@@H]1CCC(=O)NC1=O)C2. The third kappa shape index (κ3) is 1.79. The molecule has 2 aliphatic heterocycles. The highest BCUT2D eigenvalue weighted by molar-refractivity contribution is 6.05. The molecular weight excluding hydrogens is 263 g/mol. The van der Waals surface area contributed by atoms with Crippen molar-refractivity contribution in [1.82, 2.24) is 10.2 Å². The van der Waals surface area contributed by atoms with E-state index in [1.54, 1.807) is 13.0 Å². The van der Waals surface area contributed by atoms with Crippen molar-refractivity contribution in [3.63, 3.8) is 0 Å². The van der Waals surface area contributed by atoms with Crippen molar-refractivity contribution in [2.45, 2.75) is 32.4 Å². The smallest absolute Gasteiger partial charge is 0.255 e. The molecule has 0 bridgehead atoms. The second-order valence-electron chi connectivity index (χ2n) is 5.12. The van der Waals surface area contributed by atoms with E-state index in [0.29, 0.717) is 16.7 Å². The second-order valence-corrected chi connectivity index (χ2v) is 5.12. The van der Waals surface area contributed by atoms with E-state index in [1.165, 1.54) is 11.0 Å². The van der Waals surface area contributed by atoms with Crippen LogP contribution >= 0.6 is 0 Å². The predicted octanol–water partition coefficient (Wildman–Crippen LogP) is 0.895. The number of fused-ring (bicyclic) bond motifs is 1. The van der Waals surface area contributed by atoms with E-state index in [1.807, 2.05) is 0 Å². The van der Waals surface area contributed by atoms with Gasteiger partial charge < -0.3 is 4.90 Å². The van der Waals surface area contributed by atoms with Gasteiger partial charge in [-0.05, 0) is 25.0 Å². The summed E-state index contributed by atoms with van der Waals surface area (Å²) in [5, 5.41) is 2.22. The zero-order valence-corrected chi connectivity index (χ0v) is 10.9. The highest BCUT2D eigenvalue weighted by Crippen LogP contribution is 2.31. The highest BCUT2D eigenvalue weighted by atomic mass is 19.1. The van der Waals surface area contributed by atoms with E-state index < -0.39 is 17.8 Å². The Hall–Kier alpha value is -2.24. The van der Waals surface area contributed by atoms with Crippen LogP contribution in [0.5, 0.6) is 0 Å². The molecule has 20 heavy (non-hydrogen) atoms. The number of amides is 3. The third-order valence-corrected chi connectivity index (χ3v) is 3.85. The number of carbonyl (C=O) groups is 3. The molecular formula is C14H13FN2O3. The van der Waals surface area contributed by atoms with Crippen molar-refractivity contribution < 1.29 is 18.8 Å². The molecule has 0 radical (unpaired) electrons. The van der Waals surface area contributed by atoms with Crippen molar-refractivity contribution in [2.75, 3.05) is 0 Å². The van der Waals surface area contributed by atoms with Gasteiger partial charge in [0.15, 0.2) is 0 Å². The first-order chi connectivity index (χ1) is 9.49. The predicted molar refractivity (Wildman–Crippen MR) is 67.2 cm³/mol. The summed E-state index contributed by atoms with van der Waals surface area (Å²) in [6, 6.07) is 2.18. The number of imide groups is 1.